The number of esters is 1. The predicted molar refractivity (Wildman–Crippen MR) is 91.3 cm³/mol. The fraction of sp³-hybridized carbons (Fsp3) is 0.182. The van der Waals surface area contributed by atoms with E-state index in [0.717, 1.165) is 13.4 Å². The lowest BCUT2D eigenvalue weighted by atomic mass is 10.3. The van der Waals surface area contributed by atoms with Crippen LogP contribution >= 0.6 is 79.6 Å². The highest BCUT2D eigenvalue weighted by atomic mass is 79.9. The molecule has 0 amide bonds. The Balaban J connectivity index is 2.91. The summed E-state index contributed by atoms with van der Waals surface area (Å²) in [5, 5.41) is 0. The van der Waals surface area contributed by atoms with E-state index < -0.39 is 5.97 Å². The van der Waals surface area contributed by atoms with Crippen LogP contribution < -0.4 is 4.74 Å². The van der Waals surface area contributed by atoms with Gasteiger partial charge in [-0.3, -0.25) is 0 Å². The summed E-state index contributed by atoms with van der Waals surface area (Å²) in [5.74, 6) is 0.0129. The Kier molecular flexibility index (Phi) is 7.06. The first-order valence-electron chi connectivity index (χ1n) is 4.74. The summed E-state index contributed by atoms with van der Waals surface area (Å²) >= 11 is 17.0. The number of halogens is 5. The van der Waals surface area contributed by atoms with Crippen molar-refractivity contribution < 1.29 is 14.3 Å². The first-order valence-corrected chi connectivity index (χ1v) is 8.70. The molecule has 0 aliphatic carbocycles. The molecule has 0 unspecified atom stereocenters. The summed E-state index contributed by atoms with van der Waals surface area (Å²) in [7, 11) is 0. The second-order valence-electron chi connectivity index (χ2n) is 3.37. The van der Waals surface area contributed by atoms with Crippen molar-refractivity contribution in [2.24, 2.45) is 0 Å². The molecule has 1 rings (SSSR count). The molecule has 1 aromatic carbocycles. The Morgan fingerprint density at radius 2 is 1.42 bits per heavy atom. The molecule has 0 bridgehead atoms. The molecule has 0 aliphatic heterocycles. The Bertz CT molecular complexity index is 513. The van der Waals surface area contributed by atoms with E-state index in [-0.39, 0.29) is 6.79 Å². The van der Waals surface area contributed by atoms with Gasteiger partial charge in [-0.05, 0) is 86.6 Å². The van der Waals surface area contributed by atoms with Gasteiger partial charge in [-0.2, -0.15) is 0 Å². The number of rotatable bonds is 4. The molecule has 1 aromatic rings. The second kappa shape index (κ2) is 7.59. The van der Waals surface area contributed by atoms with Crippen molar-refractivity contribution in [2.45, 2.75) is 6.92 Å². The molecule has 0 fully saturated rings. The van der Waals surface area contributed by atoms with Crippen molar-refractivity contribution in [3.8, 4) is 5.75 Å². The molecule has 8 heteroatoms. The van der Waals surface area contributed by atoms with Crippen molar-refractivity contribution in [3.05, 3.63) is 34.5 Å². The number of carbonyl (C=O) groups excluding carboxylic acids is 1. The zero-order valence-corrected chi connectivity index (χ0v) is 17.5. The SMILES string of the molecule is C=C(C)C(=O)OCOc1c(Br)c(Br)c(Br)c(Br)c1Br. The highest BCUT2D eigenvalue weighted by Crippen LogP contribution is 2.48. The maximum absolute atomic E-state index is 11.2. The molecular weight excluding hydrogens is 580 g/mol. The highest BCUT2D eigenvalue weighted by molar-refractivity contribution is 9.15. The average molecular weight is 587 g/mol. The minimum absolute atomic E-state index is 0.205. The van der Waals surface area contributed by atoms with E-state index in [1.807, 2.05) is 0 Å². The third-order valence-corrected chi connectivity index (χ3v) is 7.93. The van der Waals surface area contributed by atoms with Crippen LogP contribution in [0, 0.1) is 0 Å². The summed E-state index contributed by atoms with van der Waals surface area (Å²) in [6.45, 7) is 4.85. The van der Waals surface area contributed by atoms with Gasteiger partial charge in [0.15, 0.2) is 5.75 Å². The third-order valence-electron chi connectivity index (χ3n) is 1.91. The molecule has 3 nitrogen and oxygen atoms in total. The maximum atomic E-state index is 11.2. The third kappa shape index (κ3) is 4.30. The van der Waals surface area contributed by atoms with E-state index in [0.29, 0.717) is 20.3 Å². The monoisotopic (exact) mass is 582 g/mol. The minimum atomic E-state index is -0.498. The van der Waals surface area contributed by atoms with E-state index in [1.54, 1.807) is 6.92 Å². The van der Waals surface area contributed by atoms with Crippen LogP contribution in [0.1, 0.15) is 6.92 Å². The number of hydrogen-bond donors (Lipinski definition) is 0. The topological polar surface area (TPSA) is 35.5 Å². The Labute approximate surface area is 152 Å². The van der Waals surface area contributed by atoms with Gasteiger partial charge < -0.3 is 9.47 Å². The van der Waals surface area contributed by atoms with Gasteiger partial charge >= 0.3 is 5.97 Å². The van der Waals surface area contributed by atoms with Gasteiger partial charge in [-0.15, -0.1) is 0 Å². The van der Waals surface area contributed by atoms with Crippen LogP contribution in [0.15, 0.2) is 34.5 Å². The van der Waals surface area contributed by atoms with Crippen LogP contribution in [0.4, 0.5) is 0 Å². The van der Waals surface area contributed by atoms with Crippen molar-refractivity contribution >= 4 is 85.6 Å². The number of carbonyl (C=O) groups is 1. The lowest BCUT2D eigenvalue weighted by Gasteiger charge is -2.14. The molecule has 0 aliphatic rings. The molecule has 0 radical (unpaired) electrons. The number of hydrogen-bond acceptors (Lipinski definition) is 3. The quantitative estimate of drug-likeness (QED) is 0.144. The van der Waals surface area contributed by atoms with Crippen LogP contribution in [0.25, 0.3) is 0 Å². The van der Waals surface area contributed by atoms with Crippen LogP contribution in [0.2, 0.25) is 0 Å². The summed E-state index contributed by atoms with van der Waals surface area (Å²) in [5.41, 5.74) is 0.319. The fourth-order valence-electron chi connectivity index (χ4n) is 0.977. The molecule has 0 aromatic heterocycles. The van der Waals surface area contributed by atoms with E-state index >= 15 is 0 Å². The van der Waals surface area contributed by atoms with E-state index in [2.05, 4.69) is 86.2 Å². The zero-order chi connectivity index (χ0) is 14.7. The molecule has 0 spiro atoms. The van der Waals surface area contributed by atoms with Gasteiger partial charge in [0, 0.05) is 10.0 Å². The fourth-order valence-corrected chi connectivity index (χ4v) is 4.22. The van der Waals surface area contributed by atoms with Crippen LogP contribution in [0.5, 0.6) is 5.75 Å². The molecule has 0 atom stereocenters. The van der Waals surface area contributed by atoms with Gasteiger partial charge in [0.05, 0.1) is 17.9 Å². The normalized spacial score (nSPS) is 10.2. The van der Waals surface area contributed by atoms with Gasteiger partial charge in [0.1, 0.15) is 0 Å². The Morgan fingerprint density at radius 1 is 1.00 bits per heavy atom. The van der Waals surface area contributed by atoms with Gasteiger partial charge in [-0.1, -0.05) is 6.58 Å². The van der Waals surface area contributed by atoms with Crippen molar-refractivity contribution in [2.75, 3.05) is 6.79 Å². The average Bonchev–Trinajstić information content (AvgIpc) is 2.37. The largest absolute Gasteiger partial charge is 0.455 e. The van der Waals surface area contributed by atoms with Crippen molar-refractivity contribution in [1.29, 1.82) is 0 Å². The maximum Gasteiger partial charge on any atom is 0.335 e. The summed E-state index contributed by atoms with van der Waals surface area (Å²) in [6.07, 6.45) is 0. The first kappa shape index (κ1) is 17.7. The van der Waals surface area contributed by atoms with Crippen LogP contribution in [-0.2, 0) is 9.53 Å². The molecule has 0 heterocycles. The molecule has 0 saturated heterocycles. The summed E-state index contributed by atoms with van der Waals surface area (Å²) in [6, 6.07) is 0. The Hall–Kier alpha value is 0.630. The lowest BCUT2D eigenvalue weighted by molar-refractivity contribution is -0.145. The lowest BCUT2D eigenvalue weighted by Crippen LogP contribution is -2.11. The van der Waals surface area contributed by atoms with Crippen molar-refractivity contribution in [1.82, 2.24) is 0 Å². The Morgan fingerprint density at radius 3 is 1.84 bits per heavy atom. The summed E-state index contributed by atoms with van der Waals surface area (Å²) < 4.78 is 14.1. The van der Waals surface area contributed by atoms with Crippen LogP contribution in [-0.4, -0.2) is 12.8 Å². The van der Waals surface area contributed by atoms with Crippen LogP contribution in [0.3, 0.4) is 0 Å². The highest BCUT2D eigenvalue weighted by Gasteiger charge is 2.19. The van der Waals surface area contributed by atoms with Gasteiger partial charge in [0.25, 0.3) is 0 Å². The van der Waals surface area contributed by atoms with E-state index in [4.69, 9.17) is 9.47 Å². The van der Waals surface area contributed by atoms with Gasteiger partial charge in [0.2, 0.25) is 6.79 Å². The zero-order valence-electron chi connectivity index (χ0n) is 9.53. The number of ether oxygens (including phenoxy) is 2. The second-order valence-corrected chi connectivity index (χ2v) is 7.34. The molecule has 0 saturated carbocycles. The smallest absolute Gasteiger partial charge is 0.335 e. The first-order chi connectivity index (χ1) is 8.77. The van der Waals surface area contributed by atoms with Crippen molar-refractivity contribution in [3.63, 3.8) is 0 Å². The van der Waals surface area contributed by atoms with Gasteiger partial charge in [-0.25, -0.2) is 4.79 Å². The molecule has 19 heavy (non-hydrogen) atoms. The molecule has 0 N–H and O–H groups in total. The van der Waals surface area contributed by atoms with E-state index in [1.165, 1.54) is 0 Å². The minimum Gasteiger partial charge on any atom is -0.455 e. The standard InChI is InChI=1S/C11H7Br5O3/c1-4(2)11(17)19-3-18-10-8(15)6(13)5(12)7(14)9(10)16/h1,3H2,2H3. The van der Waals surface area contributed by atoms with E-state index in [9.17, 15) is 4.79 Å². The predicted octanol–water partition coefficient (Wildman–Crippen LogP) is 5.95. The molecule has 104 valence electrons. The summed E-state index contributed by atoms with van der Waals surface area (Å²) in [4.78, 5) is 11.2. The number of benzene rings is 1. The molecular formula is C11H7Br5O3.